The van der Waals surface area contributed by atoms with Crippen LogP contribution in [0, 0.1) is 12.8 Å². The molecule has 134 valence electrons. The summed E-state index contributed by atoms with van der Waals surface area (Å²) in [5.41, 5.74) is 2.23. The van der Waals surface area contributed by atoms with Crippen molar-refractivity contribution in [2.75, 3.05) is 32.6 Å². The van der Waals surface area contributed by atoms with Crippen LogP contribution in [0.1, 0.15) is 29.9 Å². The van der Waals surface area contributed by atoms with E-state index in [2.05, 4.69) is 31.2 Å². The monoisotopic (exact) mass is 341 g/mol. The molecule has 2 aromatic heterocycles. The first kappa shape index (κ1) is 17.6. The van der Waals surface area contributed by atoms with Crippen LogP contribution >= 0.6 is 0 Å². The first-order valence-electron chi connectivity index (χ1n) is 8.89. The summed E-state index contributed by atoms with van der Waals surface area (Å²) in [6, 6.07) is 4.05. The van der Waals surface area contributed by atoms with Crippen molar-refractivity contribution in [1.29, 1.82) is 0 Å². The quantitative estimate of drug-likeness (QED) is 0.871. The minimum absolute atomic E-state index is 0.659. The van der Waals surface area contributed by atoms with Gasteiger partial charge in [-0.15, -0.1) is 0 Å². The highest BCUT2D eigenvalue weighted by Gasteiger charge is 2.21. The maximum atomic E-state index is 5.26. The minimum atomic E-state index is 0.659. The third kappa shape index (κ3) is 4.89. The lowest BCUT2D eigenvalue weighted by Crippen LogP contribution is -2.34. The van der Waals surface area contributed by atoms with Crippen molar-refractivity contribution in [3.8, 4) is 5.75 Å². The van der Waals surface area contributed by atoms with Crippen molar-refractivity contribution in [1.82, 2.24) is 19.9 Å². The smallest absolute Gasteiger partial charge is 0.137 e. The highest BCUT2D eigenvalue weighted by molar-refractivity contribution is 5.34. The number of nitrogens with one attached hydrogen (secondary N) is 1. The van der Waals surface area contributed by atoms with Crippen LogP contribution in [0.15, 0.2) is 24.5 Å². The van der Waals surface area contributed by atoms with Crippen molar-refractivity contribution < 1.29 is 4.74 Å². The van der Waals surface area contributed by atoms with Crippen molar-refractivity contribution in [2.45, 2.75) is 32.7 Å². The van der Waals surface area contributed by atoms with E-state index in [0.717, 1.165) is 49.1 Å². The summed E-state index contributed by atoms with van der Waals surface area (Å²) in [5, 5.41) is 3.11. The van der Waals surface area contributed by atoms with Gasteiger partial charge in [-0.1, -0.05) is 0 Å². The molecule has 0 spiro atoms. The molecule has 1 fully saturated rings. The molecule has 0 saturated carbocycles. The zero-order chi connectivity index (χ0) is 17.6. The zero-order valence-corrected chi connectivity index (χ0v) is 15.3. The highest BCUT2D eigenvalue weighted by atomic mass is 16.5. The van der Waals surface area contributed by atoms with E-state index in [9.17, 15) is 0 Å². The van der Waals surface area contributed by atoms with Gasteiger partial charge in [-0.2, -0.15) is 0 Å². The normalized spacial score (nSPS) is 16.0. The van der Waals surface area contributed by atoms with E-state index in [0.29, 0.717) is 5.92 Å². The van der Waals surface area contributed by atoms with Crippen molar-refractivity contribution in [3.05, 3.63) is 41.6 Å². The lowest BCUT2D eigenvalue weighted by molar-refractivity contribution is 0.175. The first-order valence-corrected chi connectivity index (χ1v) is 8.89. The Morgan fingerprint density at radius 2 is 2.00 bits per heavy atom. The number of hydrogen-bond acceptors (Lipinski definition) is 6. The fraction of sp³-hybridized carbons (Fsp3) is 0.526. The van der Waals surface area contributed by atoms with Crippen LogP contribution in [0.25, 0.3) is 0 Å². The summed E-state index contributed by atoms with van der Waals surface area (Å²) in [6.07, 6.45) is 7.00. The lowest BCUT2D eigenvalue weighted by atomic mass is 9.93. The van der Waals surface area contributed by atoms with Crippen molar-refractivity contribution in [3.63, 3.8) is 0 Å². The highest BCUT2D eigenvalue weighted by Crippen LogP contribution is 2.23. The zero-order valence-electron chi connectivity index (χ0n) is 15.3. The molecule has 25 heavy (non-hydrogen) atoms. The van der Waals surface area contributed by atoms with Crippen LogP contribution in [0.5, 0.6) is 5.75 Å². The van der Waals surface area contributed by atoms with Crippen LogP contribution in [0.3, 0.4) is 0 Å². The van der Waals surface area contributed by atoms with Crippen LogP contribution < -0.4 is 10.1 Å². The van der Waals surface area contributed by atoms with Gasteiger partial charge in [0.25, 0.3) is 0 Å². The number of rotatable bonds is 6. The second-order valence-corrected chi connectivity index (χ2v) is 6.72. The van der Waals surface area contributed by atoms with E-state index < -0.39 is 0 Å². The molecule has 0 atom stereocenters. The summed E-state index contributed by atoms with van der Waals surface area (Å²) >= 11 is 0. The second-order valence-electron chi connectivity index (χ2n) is 6.72. The molecule has 0 unspecified atom stereocenters. The fourth-order valence-electron chi connectivity index (χ4n) is 3.38. The standard InChI is InChI=1S/C19H27N5O/c1-14-8-18(20-2)23-19(22-14)10-15-4-6-24(7-5-15)13-16-9-17(25-3)12-21-11-16/h8-9,11-12,15H,4-7,10,13H2,1-3H3,(H,20,22,23). The number of piperidine rings is 1. The number of aromatic nitrogens is 3. The summed E-state index contributed by atoms with van der Waals surface area (Å²) in [5.74, 6) is 3.35. The van der Waals surface area contributed by atoms with E-state index in [1.54, 1.807) is 13.3 Å². The summed E-state index contributed by atoms with van der Waals surface area (Å²) < 4.78 is 5.26. The Hall–Kier alpha value is -2.21. The van der Waals surface area contributed by atoms with Gasteiger partial charge in [0.2, 0.25) is 0 Å². The van der Waals surface area contributed by atoms with Gasteiger partial charge in [0.1, 0.15) is 17.4 Å². The molecule has 0 aromatic carbocycles. The Labute approximate surface area is 149 Å². The number of anilines is 1. The molecule has 1 saturated heterocycles. The van der Waals surface area contributed by atoms with Gasteiger partial charge in [-0.25, -0.2) is 9.97 Å². The fourth-order valence-corrected chi connectivity index (χ4v) is 3.38. The Morgan fingerprint density at radius 1 is 1.20 bits per heavy atom. The SMILES string of the molecule is CNc1cc(C)nc(CC2CCN(Cc3cncc(OC)c3)CC2)n1. The Morgan fingerprint density at radius 3 is 2.72 bits per heavy atom. The molecule has 1 aliphatic heterocycles. The van der Waals surface area contributed by atoms with Gasteiger partial charge in [0, 0.05) is 38.0 Å². The molecule has 0 aliphatic carbocycles. The van der Waals surface area contributed by atoms with Crippen LogP contribution in [0.2, 0.25) is 0 Å². The Balaban J connectivity index is 1.52. The Bertz CT molecular complexity index is 698. The topological polar surface area (TPSA) is 63.2 Å². The van der Waals surface area contributed by atoms with Gasteiger partial charge in [0.05, 0.1) is 13.3 Å². The number of pyridine rings is 1. The van der Waals surface area contributed by atoms with Crippen molar-refractivity contribution >= 4 is 5.82 Å². The van der Waals surface area contributed by atoms with Gasteiger partial charge in [-0.3, -0.25) is 9.88 Å². The van der Waals surface area contributed by atoms with E-state index >= 15 is 0 Å². The number of aryl methyl sites for hydroxylation is 1. The van der Waals surface area contributed by atoms with E-state index in [4.69, 9.17) is 4.74 Å². The molecule has 3 rings (SSSR count). The predicted molar refractivity (Wildman–Crippen MR) is 98.8 cm³/mol. The predicted octanol–water partition coefficient (Wildman–Crippen LogP) is 2.69. The molecule has 0 radical (unpaired) electrons. The first-order chi connectivity index (χ1) is 12.2. The Kier molecular flexibility index (Phi) is 5.81. The van der Waals surface area contributed by atoms with Gasteiger partial charge >= 0.3 is 0 Å². The largest absolute Gasteiger partial charge is 0.495 e. The number of nitrogens with zero attached hydrogens (tertiary/aromatic N) is 4. The molecule has 6 heteroatoms. The summed E-state index contributed by atoms with van der Waals surface area (Å²) in [7, 11) is 3.58. The molecule has 0 amide bonds. The number of methoxy groups -OCH3 is 1. The number of likely N-dealkylation sites (tertiary alicyclic amines) is 1. The van der Waals surface area contributed by atoms with E-state index in [1.807, 2.05) is 26.2 Å². The van der Waals surface area contributed by atoms with E-state index in [1.165, 1.54) is 18.4 Å². The van der Waals surface area contributed by atoms with Crippen LogP contribution in [0.4, 0.5) is 5.82 Å². The number of hydrogen-bond donors (Lipinski definition) is 1. The van der Waals surface area contributed by atoms with Crippen molar-refractivity contribution in [2.24, 2.45) is 5.92 Å². The molecule has 3 heterocycles. The van der Waals surface area contributed by atoms with Crippen LogP contribution in [-0.2, 0) is 13.0 Å². The third-order valence-corrected chi connectivity index (χ3v) is 4.75. The minimum Gasteiger partial charge on any atom is -0.495 e. The lowest BCUT2D eigenvalue weighted by Gasteiger charge is -2.31. The molecular formula is C19H27N5O. The summed E-state index contributed by atoms with van der Waals surface area (Å²) in [6.45, 7) is 5.16. The maximum absolute atomic E-state index is 5.26. The molecular weight excluding hydrogens is 314 g/mol. The molecule has 0 bridgehead atoms. The molecule has 6 nitrogen and oxygen atoms in total. The van der Waals surface area contributed by atoms with Crippen LogP contribution in [-0.4, -0.2) is 47.1 Å². The molecule has 2 aromatic rings. The second kappa shape index (κ2) is 8.25. The van der Waals surface area contributed by atoms with Gasteiger partial charge < -0.3 is 10.1 Å². The van der Waals surface area contributed by atoms with E-state index in [-0.39, 0.29) is 0 Å². The average Bonchev–Trinajstić information content (AvgIpc) is 2.63. The molecule has 1 aliphatic rings. The van der Waals surface area contributed by atoms with Gasteiger partial charge in [-0.05, 0) is 50.4 Å². The molecule has 1 N–H and O–H groups in total. The third-order valence-electron chi connectivity index (χ3n) is 4.75. The number of ether oxygens (including phenoxy) is 1. The van der Waals surface area contributed by atoms with Gasteiger partial charge in [0.15, 0.2) is 0 Å². The average molecular weight is 341 g/mol. The maximum Gasteiger partial charge on any atom is 0.137 e. The summed E-state index contributed by atoms with van der Waals surface area (Å²) in [4.78, 5) is 15.9.